The number of anilines is 1. The van der Waals surface area contributed by atoms with E-state index in [-0.39, 0.29) is 24.1 Å². The fourth-order valence-corrected chi connectivity index (χ4v) is 2.24. The molecule has 18 heavy (non-hydrogen) atoms. The lowest BCUT2D eigenvalue weighted by atomic mass is 10.1. The van der Waals surface area contributed by atoms with Crippen LogP contribution in [0.5, 0.6) is 0 Å². The molecule has 0 saturated carbocycles. The number of aliphatic hydroxyl groups is 1. The van der Waals surface area contributed by atoms with E-state index in [0.29, 0.717) is 10.3 Å². The maximum Gasteiger partial charge on any atom is 0.339 e. The summed E-state index contributed by atoms with van der Waals surface area (Å²) >= 11 is 3.20. The van der Waals surface area contributed by atoms with Crippen LogP contribution in [0.3, 0.4) is 0 Å². The van der Waals surface area contributed by atoms with E-state index in [1.807, 2.05) is 12.2 Å². The van der Waals surface area contributed by atoms with Gasteiger partial charge in [0.25, 0.3) is 0 Å². The maximum absolute atomic E-state index is 11.1. The molecule has 0 spiro atoms. The van der Waals surface area contributed by atoms with E-state index in [4.69, 9.17) is 10.2 Å². The quantitative estimate of drug-likeness (QED) is 0.740. The number of carboxylic acids is 1. The average Bonchev–Trinajstić information content (AvgIpc) is 2.79. The van der Waals surface area contributed by atoms with E-state index < -0.39 is 5.97 Å². The number of hydrogen-bond donors (Lipinski definition) is 3. The lowest BCUT2D eigenvalue weighted by Gasteiger charge is -2.15. The Morgan fingerprint density at radius 3 is 2.94 bits per heavy atom. The second-order valence-corrected chi connectivity index (χ2v) is 5.08. The number of aromatic carboxylic acids is 1. The Morgan fingerprint density at radius 1 is 1.56 bits per heavy atom. The van der Waals surface area contributed by atoms with E-state index in [2.05, 4.69) is 26.2 Å². The van der Waals surface area contributed by atoms with E-state index in [9.17, 15) is 4.79 Å². The summed E-state index contributed by atoms with van der Waals surface area (Å²) < 4.78 is 0.626. The zero-order chi connectivity index (χ0) is 13.1. The van der Waals surface area contributed by atoms with Crippen LogP contribution in [0.25, 0.3) is 0 Å². The number of carbonyl (C=O) groups is 1. The molecular weight excluding hydrogens is 300 g/mol. The number of aromatic nitrogens is 1. The molecule has 5 nitrogen and oxygen atoms in total. The summed E-state index contributed by atoms with van der Waals surface area (Å²) in [5, 5.41) is 21.2. The zero-order valence-electron chi connectivity index (χ0n) is 9.51. The molecule has 3 N–H and O–H groups in total. The summed E-state index contributed by atoms with van der Waals surface area (Å²) in [5.74, 6) is -0.544. The first-order valence-electron chi connectivity index (χ1n) is 5.54. The second kappa shape index (κ2) is 5.49. The van der Waals surface area contributed by atoms with Gasteiger partial charge in [-0.2, -0.15) is 0 Å². The van der Waals surface area contributed by atoms with Gasteiger partial charge in [0.2, 0.25) is 0 Å². The van der Waals surface area contributed by atoms with Crippen LogP contribution in [0, 0.1) is 5.92 Å². The molecule has 0 bridgehead atoms. The number of hydrogen-bond acceptors (Lipinski definition) is 4. The molecule has 2 rings (SSSR count). The topological polar surface area (TPSA) is 82.5 Å². The summed E-state index contributed by atoms with van der Waals surface area (Å²) in [6.07, 6.45) is 6.15. The Kier molecular flexibility index (Phi) is 3.98. The minimum atomic E-state index is -1.02. The third kappa shape index (κ3) is 2.88. The third-order valence-electron chi connectivity index (χ3n) is 2.81. The third-order valence-corrected chi connectivity index (χ3v) is 3.25. The summed E-state index contributed by atoms with van der Waals surface area (Å²) in [6.45, 7) is 0.105. The summed E-state index contributed by atoms with van der Waals surface area (Å²) in [5.41, 5.74) is 0.130. The molecule has 2 atom stereocenters. The Labute approximate surface area is 113 Å². The lowest BCUT2D eigenvalue weighted by molar-refractivity contribution is 0.0697. The fraction of sp³-hybridized carbons (Fsp3) is 0.333. The molecule has 0 unspecified atom stereocenters. The number of nitrogens with zero attached hydrogens (tertiary/aromatic N) is 1. The monoisotopic (exact) mass is 312 g/mol. The Hall–Kier alpha value is -1.40. The van der Waals surface area contributed by atoms with Gasteiger partial charge in [0.1, 0.15) is 11.4 Å². The lowest BCUT2D eigenvalue weighted by Crippen LogP contribution is -2.19. The molecule has 1 aliphatic carbocycles. The number of halogens is 1. The van der Waals surface area contributed by atoms with Gasteiger partial charge in [0.15, 0.2) is 0 Å². The van der Waals surface area contributed by atoms with Crippen molar-refractivity contribution in [3.63, 3.8) is 0 Å². The van der Waals surface area contributed by atoms with Crippen molar-refractivity contribution in [1.82, 2.24) is 4.98 Å². The van der Waals surface area contributed by atoms with Crippen LogP contribution in [0.1, 0.15) is 16.8 Å². The number of pyridine rings is 1. The number of nitrogens with one attached hydrogen (secondary N) is 1. The van der Waals surface area contributed by atoms with Gasteiger partial charge < -0.3 is 15.5 Å². The van der Waals surface area contributed by atoms with Crippen LogP contribution in [0.15, 0.2) is 28.9 Å². The number of carboxylic acid groups (broad SMARTS) is 1. The van der Waals surface area contributed by atoms with E-state index >= 15 is 0 Å². The highest BCUT2D eigenvalue weighted by atomic mass is 79.9. The molecule has 0 fully saturated rings. The standard InChI is InChI=1S/C12H13BrN2O3/c13-8-4-10(12(17)18)11(14-5-8)15-9-2-1-7(3-9)6-16/h1-2,4-5,7,9,16H,3,6H2,(H,14,15)(H,17,18)/t7-,9+/m0/s1. The highest BCUT2D eigenvalue weighted by Crippen LogP contribution is 2.23. The predicted molar refractivity (Wildman–Crippen MR) is 70.6 cm³/mol. The molecular formula is C12H13BrN2O3. The first kappa shape index (κ1) is 13.0. The highest BCUT2D eigenvalue weighted by molar-refractivity contribution is 9.10. The van der Waals surface area contributed by atoms with Crippen molar-refractivity contribution in [1.29, 1.82) is 0 Å². The molecule has 0 radical (unpaired) electrons. The molecule has 0 saturated heterocycles. The Balaban J connectivity index is 2.15. The summed E-state index contributed by atoms with van der Waals surface area (Å²) in [4.78, 5) is 15.2. The first-order chi connectivity index (χ1) is 8.60. The molecule has 96 valence electrons. The van der Waals surface area contributed by atoms with Gasteiger partial charge in [-0.3, -0.25) is 0 Å². The van der Waals surface area contributed by atoms with Gasteiger partial charge in [-0.15, -0.1) is 0 Å². The molecule has 1 aromatic rings. The summed E-state index contributed by atoms with van der Waals surface area (Å²) in [6, 6.07) is 1.52. The van der Waals surface area contributed by atoms with Crippen LogP contribution < -0.4 is 5.32 Å². The molecule has 0 aliphatic heterocycles. The maximum atomic E-state index is 11.1. The minimum Gasteiger partial charge on any atom is -0.478 e. The Morgan fingerprint density at radius 2 is 2.33 bits per heavy atom. The van der Waals surface area contributed by atoms with E-state index in [1.54, 1.807) is 6.20 Å². The van der Waals surface area contributed by atoms with Crippen molar-refractivity contribution < 1.29 is 15.0 Å². The van der Waals surface area contributed by atoms with Gasteiger partial charge in [-0.1, -0.05) is 12.2 Å². The second-order valence-electron chi connectivity index (χ2n) is 4.17. The number of rotatable bonds is 4. The van der Waals surface area contributed by atoms with Crippen LogP contribution in [0.4, 0.5) is 5.82 Å². The van der Waals surface area contributed by atoms with Gasteiger partial charge in [0.05, 0.1) is 0 Å². The smallest absolute Gasteiger partial charge is 0.339 e. The van der Waals surface area contributed by atoms with Crippen molar-refractivity contribution in [2.45, 2.75) is 12.5 Å². The molecule has 1 heterocycles. The molecule has 1 aliphatic rings. The van der Waals surface area contributed by atoms with Crippen LogP contribution in [-0.2, 0) is 0 Å². The average molecular weight is 313 g/mol. The number of aliphatic hydroxyl groups excluding tert-OH is 1. The molecule has 1 aromatic heterocycles. The van der Waals surface area contributed by atoms with Crippen LogP contribution in [-0.4, -0.2) is 33.8 Å². The first-order valence-corrected chi connectivity index (χ1v) is 6.34. The van der Waals surface area contributed by atoms with Gasteiger partial charge in [-0.25, -0.2) is 9.78 Å². The van der Waals surface area contributed by atoms with E-state index in [0.717, 1.165) is 6.42 Å². The SMILES string of the molecule is O=C(O)c1cc(Br)cnc1N[C@@H]1C=C[C@H](CO)C1. The zero-order valence-corrected chi connectivity index (χ0v) is 11.1. The summed E-state index contributed by atoms with van der Waals surface area (Å²) in [7, 11) is 0. The highest BCUT2D eigenvalue weighted by Gasteiger charge is 2.20. The van der Waals surface area contributed by atoms with Gasteiger partial charge >= 0.3 is 5.97 Å². The normalized spacial score (nSPS) is 22.1. The van der Waals surface area contributed by atoms with Crippen molar-refractivity contribution >= 4 is 27.7 Å². The van der Waals surface area contributed by atoms with Gasteiger partial charge in [-0.05, 0) is 28.4 Å². The van der Waals surface area contributed by atoms with Gasteiger partial charge in [0, 0.05) is 29.2 Å². The Bertz CT molecular complexity index is 490. The molecule has 0 aromatic carbocycles. The van der Waals surface area contributed by atoms with Crippen LogP contribution in [0.2, 0.25) is 0 Å². The largest absolute Gasteiger partial charge is 0.478 e. The fourth-order valence-electron chi connectivity index (χ4n) is 1.91. The molecule has 6 heteroatoms. The van der Waals surface area contributed by atoms with E-state index in [1.165, 1.54) is 6.07 Å². The minimum absolute atomic E-state index is 0.00826. The van der Waals surface area contributed by atoms with Crippen molar-refractivity contribution in [2.24, 2.45) is 5.92 Å². The molecule has 0 amide bonds. The van der Waals surface area contributed by atoms with Crippen molar-refractivity contribution in [3.8, 4) is 0 Å². The van der Waals surface area contributed by atoms with Crippen molar-refractivity contribution in [3.05, 3.63) is 34.5 Å². The predicted octanol–water partition coefficient (Wildman–Crippen LogP) is 1.89. The van der Waals surface area contributed by atoms with Crippen LogP contribution >= 0.6 is 15.9 Å². The van der Waals surface area contributed by atoms with Crippen molar-refractivity contribution in [2.75, 3.05) is 11.9 Å².